The van der Waals surface area contributed by atoms with Crippen LogP contribution < -0.4 is 15.4 Å². The zero-order valence-electron chi connectivity index (χ0n) is 19.2. The number of nitro groups is 2. The van der Waals surface area contributed by atoms with Gasteiger partial charge in [-0.05, 0) is 24.4 Å². The van der Waals surface area contributed by atoms with Gasteiger partial charge in [-0.2, -0.15) is 0 Å². The van der Waals surface area contributed by atoms with Gasteiger partial charge in [-0.15, -0.1) is 0 Å². The summed E-state index contributed by atoms with van der Waals surface area (Å²) in [7, 11) is 0. The molecule has 1 atom stereocenters. The van der Waals surface area contributed by atoms with Gasteiger partial charge in [0.05, 0.1) is 27.9 Å². The lowest BCUT2D eigenvalue weighted by Crippen LogP contribution is -2.60. The number of non-ortho nitro benzene ring substituents is 2. The number of carbonyl (C=O) groups excluding carboxylic acids is 3. The number of ether oxygens (including phenoxy) is 2. The van der Waals surface area contributed by atoms with Crippen LogP contribution in [0, 0.1) is 20.2 Å². The van der Waals surface area contributed by atoms with Crippen molar-refractivity contribution in [3.63, 3.8) is 0 Å². The van der Waals surface area contributed by atoms with Gasteiger partial charge in [0.1, 0.15) is 25.0 Å². The van der Waals surface area contributed by atoms with E-state index in [1.165, 1.54) is 4.90 Å². The fraction of sp³-hybridized carbons (Fsp3) is 0.273. The first-order valence-corrected chi connectivity index (χ1v) is 11.2. The second-order valence-corrected chi connectivity index (χ2v) is 7.98. The molecule has 0 bridgehead atoms. The molecule has 1 saturated heterocycles. The molecule has 0 aromatic heterocycles. The Morgan fingerprint density at radius 1 is 1.08 bits per heavy atom. The van der Waals surface area contributed by atoms with E-state index in [-0.39, 0.29) is 43.4 Å². The number of thiocarbonyl (C=S) groups is 1. The summed E-state index contributed by atoms with van der Waals surface area (Å²) in [6.45, 7) is 0.359. The van der Waals surface area contributed by atoms with E-state index in [9.17, 15) is 34.6 Å². The molecule has 14 nitrogen and oxygen atoms in total. The van der Waals surface area contributed by atoms with Crippen LogP contribution in [0.4, 0.5) is 11.4 Å². The molecule has 0 spiro atoms. The van der Waals surface area contributed by atoms with E-state index in [1.807, 2.05) is 6.07 Å². The maximum atomic E-state index is 12.7. The zero-order valence-corrected chi connectivity index (χ0v) is 20.0. The van der Waals surface area contributed by atoms with Crippen molar-refractivity contribution >= 4 is 46.5 Å². The topological polar surface area (TPSA) is 183 Å². The van der Waals surface area contributed by atoms with Crippen molar-refractivity contribution in [3.05, 3.63) is 74.3 Å². The van der Waals surface area contributed by atoms with Gasteiger partial charge in [-0.1, -0.05) is 18.2 Å². The van der Waals surface area contributed by atoms with E-state index in [4.69, 9.17) is 21.7 Å². The standard InChI is InChI=1S/C22H21N5O9S/c28-19(36-9-8-35-17-4-2-1-3-5-17)13-18-21(30)23-6-7-25(18)22(37)24-20(29)14-10-15(26(31)32)12-16(11-14)27(33)34/h1-5,10-12,18H,6-9,13H2,(H,23,30)(H,24,29,37). The number of hydrogen-bond donors (Lipinski definition) is 2. The van der Waals surface area contributed by atoms with Crippen molar-refractivity contribution in [1.29, 1.82) is 0 Å². The van der Waals surface area contributed by atoms with E-state index in [1.54, 1.807) is 24.3 Å². The van der Waals surface area contributed by atoms with Crippen LogP contribution >= 0.6 is 12.2 Å². The van der Waals surface area contributed by atoms with Gasteiger partial charge in [0.2, 0.25) is 5.91 Å². The summed E-state index contributed by atoms with van der Waals surface area (Å²) >= 11 is 5.24. The second kappa shape index (κ2) is 12.3. The van der Waals surface area contributed by atoms with E-state index in [0.717, 1.165) is 18.2 Å². The first kappa shape index (κ1) is 26.9. The molecule has 2 aromatic rings. The molecule has 2 amide bonds. The number of rotatable bonds is 9. The van der Waals surface area contributed by atoms with Gasteiger partial charge < -0.3 is 19.7 Å². The number of hydrogen-bond acceptors (Lipinski definition) is 10. The predicted octanol–water partition coefficient (Wildman–Crippen LogP) is 1.33. The fourth-order valence-corrected chi connectivity index (χ4v) is 3.70. The van der Waals surface area contributed by atoms with Crippen LogP contribution in [0.25, 0.3) is 0 Å². The third kappa shape index (κ3) is 7.41. The Hall–Kier alpha value is -4.66. The second-order valence-electron chi connectivity index (χ2n) is 7.60. The third-order valence-electron chi connectivity index (χ3n) is 5.12. The van der Waals surface area contributed by atoms with Crippen LogP contribution in [-0.2, 0) is 14.3 Å². The highest BCUT2D eigenvalue weighted by atomic mass is 32.1. The van der Waals surface area contributed by atoms with Crippen LogP contribution in [0.1, 0.15) is 16.8 Å². The molecule has 1 fully saturated rings. The van der Waals surface area contributed by atoms with Crippen molar-refractivity contribution in [2.75, 3.05) is 26.3 Å². The molecule has 15 heteroatoms. The average molecular weight is 532 g/mol. The largest absolute Gasteiger partial charge is 0.490 e. The summed E-state index contributed by atoms with van der Waals surface area (Å²) in [5.74, 6) is -1.58. The fourth-order valence-electron chi connectivity index (χ4n) is 3.39. The molecular formula is C22H21N5O9S. The number of benzene rings is 2. The van der Waals surface area contributed by atoms with Gasteiger partial charge in [0.25, 0.3) is 17.3 Å². The minimum Gasteiger partial charge on any atom is -0.490 e. The summed E-state index contributed by atoms with van der Waals surface area (Å²) < 4.78 is 10.6. The summed E-state index contributed by atoms with van der Waals surface area (Å²) in [5.41, 5.74) is -1.68. The Bertz CT molecular complexity index is 1190. The molecule has 2 N–H and O–H groups in total. The number of nitrogens with zero attached hydrogens (tertiary/aromatic N) is 3. The molecular weight excluding hydrogens is 510 g/mol. The first-order chi connectivity index (χ1) is 17.7. The van der Waals surface area contributed by atoms with Crippen LogP contribution in [-0.4, -0.2) is 70.0 Å². The van der Waals surface area contributed by atoms with Crippen LogP contribution in [0.15, 0.2) is 48.5 Å². The van der Waals surface area contributed by atoms with Gasteiger partial charge in [-0.25, -0.2) is 0 Å². The number of para-hydroxylation sites is 1. The van der Waals surface area contributed by atoms with Gasteiger partial charge in [-0.3, -0.25) is 39.9 Å². The summed E-state index contributed by atoms with van der Waals surface area (Å²) in [4.78, 5) is 59.2. The number of piperazine rings is 1. The number of nitrogens with one attached hydrogen (secondary N) is 2. The Balaban J connectivity index is 1.61. The number of amides is 2. The van der Waals surface area contributed by atoms with Crippen LogP contribution in [0.5, 0.6) is 5.75 Å². The van der Waals surface area contributed by atoms with Crippen LogP contribution in [0.3, 0.4) is 0 Å². The Kier molecular flexibility index (Phi) is 8.99. The van der Waals surface area contributed by atoms with E-state index >= 15 is 0 Å². The SMILES string of the molecule is O=C(CC1C(=O)NCCN1C(=S)NC(=O)c1cc([N+](=O)[O-])cc([N+](=O)[O-])c1)OCCOc1ccccc1. The molecule has 0 saturated carbocycles. The van der Waals surface area contributed by atoms with Crippen molar-refractivity contribution in [2.45, 2.75) is 12.5 Å². The Morgan fingerprint density at radius 2 is 1.73 bits per heavy atom. The molecule has 1 aliphatic rings. The Labute approximate surface area is 214 Å². The van der Waals surface area contributed by atoms with E-state index in [2.05, 4.69) is 10.6 Å². The molecule has 2 aromatic carbocycles. The summed E-state index contributed by atoms with van der Waals surface area (Å²) in [5, 5.41) is 26.9. The molecule has 1 unspecified atom stereocenters. The lowest BCUT2D eigenvalue weighted by Gasteiger charge is -2.36. The molecule has 1 heterocycles. The van der Waals surface area contributed by atoms with Gasteiger partial charge in [0.15, 0.2) is 5.11 Å². The van der Waals surface area contributed by atoms with Gasteiger partial charge >= 0.3 is 5.97 Å². The van der Waals surface area contributed by atoms with Crippen molar-refractivity contribution in [2.24, 2.45) is 0 Å². The van der Waals surface area contributed by atoms with E-state index < -0.39 is 45.0 Å². The van der Waals surface area contributed by atoms with Gasteiger partial charge in [0, 0.05) is 25.2 Å². The zero-order chi connectivity index (χ0) is 26.9. The number of carbonyl (C=O) groups is 3. The number of nitro benzene ring substituents is 2. The average Bonchev–Trinajstić information content (AvgIpc) is 2.88. The number of esters is 1. The molecule has 1 aliphatic heterocycles. The minimum atomic E-state index is -1.09. The summed E-state index contributed by atoms with van der Waals surface area (Å²) in [6, 6.07) is 10.2. The molecule has 194 valence electrons. The maximum absolute atomic E-state index is 12.7. The third-order valence-corrected chi connectivity index (χ3v) is 5.45. The quantitative estimate of drug-likeness (QED) is 0.156. The molecule has 37 heavy (non-hydrogen) atoms. The minimum absolute atomic E-state index is 0.0607. The predicted molar refractivity (Wildman–Crippen MR) is 131 cm³/mol. The lowest BCUT2D eigenvalue weighted by molar-refractivity contribution is -0.394. The first-order valence-electron chi connectivity index (χ1n) is 10.8. The lowest BCUT2D eigenvalue weighted by atomic mass is 10.1. The van der Waals surface area contributed by atoms with Crippen molar-refractivity contribution in [1.82, 2.24) is 15.5 Å². The maximum Gasteiger partial charge on any atom is 0.308 e. The van der Waals surface area contributed by atoms with Crippen molar-refractivity contribution in [3.8, 4) is 5.75 Å². The highest BCUT2D eigenvalue weighted by Crippen LogP contribution is 2.23. The molecule has 0 radical (unpaired) electrons. The Morgan fingerprint density at radius 3 is 2.35 bits per heavy atom. The highest BCUT2D eigenvalue weighted by molar-refractivity contribution is 7.80. The molecule has 3 rings (SSSR count). The van der Waals surface area contributed by atoms with Crippen LogP contribution in [0.2, 0.25) is 0 Å². The van der Waals surface area contributed by atoms with Crippen molar-refractivity contribution < 1.29 is 33.7 Å². The molecule has 0 aliphatic carbocycles. The summed E-state index contributed by atoms with van der Waals surface area (Å²) in [6.07, 6.45) is -0.380. The normalized spacial score (nSPS) is 14.8. The monoisotopic (exact) mass is 531 g/mol. The smallest absolute Gasteiger partial charge is 0.308 e. The highest BCUT2D eigenvalue weighted by Gasteiger charge is 2.34. The van der Waals surface area contributed by atoms with E-state index in [0.29, 0.717) is 5.75 Å².